The van der Waals surface area contributed by atoms with Gasteiger partial charge in [-0.15, -0.1) is 12.4 Å². The quantitative estimate of drug-likeness (QED) is 0.799. The predicted molar refractivity (Wildman–Crippen MR) is 107 cm³/mol. The number of rotatable bonds is 5. The summed E-state index contributed by atoms with van der Waals surface area (Å²) in [7, 11) is 0. The summed E-state index contributed by atoms with van der Waals surface area (Å²) in [5, 5.41) is 3.00. The lowest BCUT2D eigenvalue weighted by molar-refractivity contribution is -0.136. The van der Waals surface area contributed by atoms with Gasteiger partial charge >= 0.3 is 0 Å². The second kappa shape index (κ2) is 10.1. The minimum absolute atomic E-state index is 0. The van der Waals surface area contributed by atoms with Gasteiger partial charge in [-0.2, -0.15) is 0 Å². The number of carbonyl (C=O) groups excluding carboxylic acids is 2. The highest BCUT2D eigenvalue weighted by atomic mass is 35.5. The molecule has 2 aliphatic heterocycles. The molecular formula is C20H30ClN3O3. The number of halogens is 1. The molecule has 2 amide bonds. The fourth-order valence-electron chi connectivity index (χ4n) is 3.70. The Morgan fingerprint density at radius 3 is 2.30 bits per heavy atom. The number of piperidine rings is 1. The number of nitrogens with one attached hydrogen (secondary N) is 1. The first-order valence-electron chi connectivity index (χ1n) is 9.59. The Balaban J connectivity index is 0.00000261. The second-order valence-electron chi connectivity index (χ2n) is 7.33. The van der Waals surface area contributed by atoms with Gasteiger partial charge in [0.15, 0.2) is 0 Å². The highest BCUT2D eigenvalue weighted by molar-refractivity contribution is 5.94. The normalized spacial score (nSPS) is 19.1. The molecule has 0 atom stereocenters. The molecule has 0 aromatic heterocycles. The van der Waals surface area contributed by atoms with E-state index in [0.717, 1.165) is 31.5 Å². The summed E-state index contributed by atoms with van der Waals surface area (Å²) < 4.78 is 5.35. The van der Waals surface area contributed by atoms with Gasteiger partial charge in [0, 0.05) is 45.0 Å². The maximum Gasteiger partial charge on any atom is 0.253 e. The first-order chi connectivity index (χ1) is 12.6. The van der Waals surface area contributed by atoms with Crippen LogP contribution in [0.15, 0.2) is 24.3 Å². The zero-order valence-corrected chi connectivity index (χ0v) is 16.6. The molecule has 0 unspecified atom stereocenters. The lowest BCUT2D eigenvalue weighted by atomic mass is 9.79. The largest absolute Gasteiger partial charge is 0.381 e. The van der Waals surface area contributed by atoms with Crippen LogP contribution in [0.5, 0.6) is 0 Å². The van der Waals surface area contributed by atoms with Crippen LogP contribution in [0.4, 0.5) is 0 Å². The summed E-state index contributed by atoms with van der Waals surface area (Å²) in [4.78, 5) is 27.0. The van der Waals surface area contributed by atoms with Crippen molar-refractivity contribution < 1.29 is 14.3 Å². The number of hydrogen-bond acceptors (Lipinski definition) is 4. The van der Waals surface area contributed by atoms with E-state index in [2.05, 4.69) is 5.32 Å². The molecule has 2 saturated heterocycles. The summed E-state index contributed by atoms with van der Waals surface area (Å²) in [5.41, 5.74) is 7.05. The molecule has 0 radical (unpaired) electrons. The Kier molecular flexibility index (Phi) is 8.07. The molecule has 2 aliphatic rings. The van der Waals surface area contributed by atoms with E-state index in [4.69, 9.17) is 10.5 Å². The number of amides is 2. The van der Waals surface area contributed by atoms with E-state index in [9.17, 15) is 9.59 Å². The van der Waals surface area contributed by atoms with Gasteiger partial charge in [-0.1, -0.05) is 12.1 Å². The second-order valence-corrected chi connectivity index (χ2v) is 7.33. The van der Waals surface area contributed by atoms with Crippen molar-refractivity contribution in [1.82, 2.24) is 10.2 Å². The van der Waals surface area contributed by atoms with Gasteiger partial charge in [-0.05, 0) is 49.8 Å². The van der Waals surface area contributed by atoms with E-state index in [1.54, 1.807) is 0 Å². The lowest BCUT2D eigenvalue weighted by Gasteiger charge is -2.34. The topological polar surface area (TPSA) is 84.7 Å². The van der Waals surface area contributed by atoms with Crippen molar-refractivity contribution in [2.45, 2.75) is 38.6 Å². The fourth-order valence-corrected chi connectivity index (χ4v) is 3.70. The van der Waals surface area contributed by atoms with Crippen LogP contribution in [0.1, 0.15) is 48.0 Å². The molecule has 0 spiro atoms. The van der Waals surface area contributed by atoms with Gasteiger partial charge in [0.25, 0.3) is 5.91 Å². The van der Waals surface area contributed by atoms with E-state index in [-0.39, 0.29) is 24.2 Å². The molecule has 0 saturated carbocycles. The maximum atomic E-state index is 12.6. The van der Waals surface area contributed by atoms with Crippen molar-refractivity contribution in [3.8, 4) is 0 Å². The molecule has 3 N–H and O–H groups in total. The van der Waals surface area contributed by atoms with Crippen LogP contribution in [0.3, 0.4) is 0 Å². The highest BCUT2D eigenvalue weighted by Gasteiger charge is 2.38. The van der Waals surface area contributed by atoms with Crippen molar-refractivity contribution >= 4 is 24.2 Å². The van der Waals surface area contributed by atoms with E-state index in [1.165, 1.54) is 6.42 Å². The van der Waals surface area contributed by atoms with Crippen LogP contribution in [-0.4, -0.2) is 49.6 Å². The minimum atomic E-state index is -0.511. The molecule has 0 aliphatic carbocycles. The summed E-state index contributed by atoms with van der Waals surface area (Å²) in [5.74, 6) is 0.0985. The van der Waals surface area contributed by atoms with E-state index >= 15 is 0 Å². The highest BCUT2D eigenvalue weighted by Crippen LogP contribution is 2.29. The van der Waals surface area contributed by atoms with Crippen molar-refractivity contribution in [3.05, 3.63) is 35.4 Å². The molecule has 27 heavy (non-hydrogen) atoms. The van der Waals surface area contributed by atoms with Crippen molar-refractivity contribution in [1.29, 1.82) is 0 Å². The zero-order chi connectivity index (χ0) is 18.4. The predicted octanol–water partition coefficient (Wildman–Crippen LogP) is 2.11. The summed E-state index contributed by atoms with van der Waals surface area (Å²) in [6, 6.07) is 7.53. The SMILES string of the molecule is Cl.NCC1(C(=O)NCc2ccc(C(=O)N3CCCCC3)cc2)CCOCC1. The number of carbonyl (C=O) groups is 2. The van der Waals surface area contributed by atoms with Crippen LogP contribution in [0.2, 0.25) is 0 Å². The third kappa shape index (κ3) is 5.21. The molecule has 7 heteroatoms. The number of nitrogens with zero attached hydrogens (tertiary/aromatic N) is 1. The molecule has 0 bridgehead atoms. The van der Waals surface area contributed by atoms with Crippen LogP contribution in [-0.2, 0) is 16.1 Å². The molecule has 2 heterocycles. The number of nitrogens with two attached hydrogens (primary N) is 1. The first kappa shape index (κ1) is 21.7. The van der Waals surface area contributed by atoms with Crippen molar-refractivity contribution in [2.75, 3.05) is 32.8 Å². The van der Waals surface area contributed by atoms with E-state index in [0.29, 0.717) is 44.7 Å². The van der Waals surface area contributed by atoms with Gasteiger partial charge in [0.2, 0.25) is 5.91 Å². The zero-order valence-electron chi connectivity index (χ0n) is 15.7. The summed E-state index contributed by atoms with van der Waals surface area (Å²) >= 11 is 0. The third-order valence-electron chi connectivity index (χ3n) is 5.62. The molecule has 2 fully saturated rings. The van der Waals surface area contributed by atoms with E-state index in [1.807, 2.05) is 29.2 Å². The Bertz CT molecular complexity index is 624. The monoisotopic (exact) mass is 395 g/mol. The Labute approximate surface area is 167 Å². The number of hydrogen-bond donors (Lipinski definition) is 2. The number of benzene rings is 1. The Morgan fingerprint density at radius 1 is 1.07 bits per heavy atom. The lowest BCUT2D eigenvalue weighted by Crippen LogP contribution is -2.48. The average Bonchev–Trinajstić information content (AvgIpc) is 2.73. The first-order valence-corrected chi connectivity index (χ1v) is 9.59. The van der Waals surface area contributed by atoms with Crippen LogP contribution in [0, 0.1) is 5.41 Å². The molecule has 1 aromatic rings. The Hall–Kier alpha value is -1.63. The third-order valence-corrected chi connectivity index (χ3v) is 5.62. The molecular weight excluding hydrogens is 366 g/mol. The summed E-state index contributed by atoms with van der Waals surface area (Å²) in [6.45, 7) is 3.64. The van der Waals surface area contributed by atoms with Crippen molar-refractivity contribution in [2.24, 2.45) is 11.1 Å². The average molecular weight is 396 g/mol. The molecule has 150 valence electrons. The smallest absolute Gasteiger partial charge is 0.253 e. The fraction of sp³-hybridized carbons (Fsp3) is 0.600. The minimum Gasteiger partial charge on any atom is -0.381 e. The molecule has 3 rings (SSSR count). The van der Waals surface area contributed by atoms with Gasteiger partial charge in [-0.3, -0.25) is 9.59 Å². The molecule has 1 aromatic carbocycles. The number of likely N-dealkylation sites (tertiary alicyclic amines) is 1. The maximum absolute atomic E-state index is 12.6. The van der Waals surface area contributed by atoms with Gasteiger partial charge in [0.1, 0.15) is 0 Å². The summed E-state index contributed by atoms with van der Waals surface area (Å²) in [6.07, 6.45) is 4.71. The van der Waals surface area contributed by atoms with Gasteiger partial charge in [0.05, 0.1) is 5.41 Å². The van der Waals surface area contributed by atoms with Gasteiger partial charge < -0.3 is 20.7 Å². The van der Waals surface area contributed by atoms with Gasteiger partial charge in [-0.25, -0.2) is 0 Å². The van der Waals surface area contributed by atoms with Crippen LogP contribution in [0.25, 0.3) is 0 Å². The molecule has 6 nitrogen and oxygen atoms in total. The van der Waals surface area contributed by atoms with Crippen molar-refractivity contribution in [3.63, 3.8) is 0 Å². The van der Waals surface area contributed by atoms with Crippen LogP contribution >= 0.6 is 12.4 Å². The van der Waals surface area contributed by atoms with Crippen LogP contribution < -0.4 is 11.1 Å². The Morgan fingerprint density at radius 2 is 1.70 bits per heavy atom. The standard InChI is InChI=1S/C20H29N3O3.ClH/c21-15-20(8-12-26-13-9-20)19(25)22-14-16-4-6-17(7-5-16)18(24)23-10-2-1-3-11-23;/h4-7H,1-3,8-15,21H2,(H,22,25);1H. The number of ether oxygens (including phenoxy) is 1. The van der Waals surface area contributed by atoms with E-state index < -0.39 is 5.41 Å².